The summed E-state index contributed by atoms with van der Waals surface area (Å²) >= 11 is 0. The van der Waals surface area contributed by atoms with Crippen molar-refractivity contribution < 1.29 is 13.2 Å². The van der Waals surface area contributed by atoms with Gasteiger partial charge in [0.1, 0.15) is 0 Å². The van der Waals surface area contributed by atoms with E-state index in [9.17, 15) is 13.2 Å². The minimum Gasteiger partial charge on any atom is -0.352 e. The highest BCUT2D eigenvalue weighted by Gasteiger charge is 2.26. The molecule has 1 N–H and O–H groups in total. The summed E-state index contributed by atoms with van der Waals surface area (Å²) in [4.78, 5) is 14.1. The van der Waals surface area contributed by atoms with E-state index < -0.39 is 10.0 Å². The van der Waals surface area contributed by atoms with Gasteiger partial charge in [0.05, 0.1) is 6.54 Å². The van der Waals surface area contributed by atoms with Crippen LogP contribution in [0.15, 0.2) is 35.7 Å². The molecule has 26 heavy (non-hydrogen) atoms. The van der Waals surface area contributed by atoms with E-state index >= 15 is 0 Å². The van der Waals surface area contributed by atoms with E-state index in [1.807, 2.05) is 42.2 Å². The van der Waals surface area contributed by atoms with Crippen molar-refractivity contribution in [3.8, 4) is 0 Å². The Balaban J connectivity index is 1.83. The number of rotatable bonds is 7. The molecular formula is C19H29N3O3S. The summed E-state index contributed by atoms with van der Waals surface area (Å²) in [5, 5.41) is 4.24. The lowest BCUT2D eigenvalue weighted by Crippen LogP contribution is -2.51. The first-order valence-corrected chi connectivity index (χ1v) is 10.5. The van der Waals surface area contributed by atoms with Gasteiger partial charge < -0.3 is 5.32 Å². The lowest BCUT2D eigenvalue weighted by molar-refractivity contribution is -0.123. The Morgan fingerprint density at radius 1 is 1.12 bits per heavy atom. The SMILES string of the molecule is CC(C)[C@@H](C)NC(=O)CN1CCN(S(=O)(=O)/C=C/c2ccccc2)CC1. The van der Waals surface area contributed by atoms with Gasteiger partial charge >= 0.3 is 0 Å². The van der Waals surface area contributed by atoms with Crippen LogP contribution in [0.2, 0.25) is 0 Å². The third-order valence-corrected chi connectivity index (χ3v) is 6.24. The van der Waals surface area contributed by atoms with Crippen LogP contribution in [0.1, 0.15) is 26.3 Å². The minimum atomic E-state index is -3.44. The maximum absolute atomic E-state index is 12.4. The summed E-state index contributed by atoms with van der Waals surface area (Å²) in [6.07, 6.45) is 1.61. The number of piperazine rings is 1. The van der Waals surface area contributed by atoms with Gasteiger partial charge in [-0.15, -0.1) is 0 Å². The fourth-order valence-electron chi connectivity index (χ4n) is 2.63. The lowest BCUT2D eigenvalue weighted by Gasteiger charge is -2.33. The van der Waals surface area contributed by atoms with Crippen molar-refractivity contribution in [2.24, 2.45) is 5.92 Å². The highest BCUT2D eigenvalue weighted by molar-refractivity contribution is 7.92. The molecule has 1 aliphatic heterocycles. The molecule has 0 aliphatic carbocycles. The maximum atomic E-state index is 12.4. The molecule has 1 aromatic carbocycles. The first-order valence-electron chi connectivity index (χ1n) is 9.03. The number of nitrogens with one attached hydrogen (secondary N) is 1. The monoisotopic (exact) mass is 379 g/mol. The van der Waals surface area contributed by atoms with Gasteiger partial charge in [0, 0.05) is 37.6 Å². The zero-order valence-corrected chi connectivity index (χ0v) is 16.6. The van der Waals surface area contributed by atoms with Crippen LogP contribution in [-0.2, 0) is 14.8 Å². The Labute approximate surface area is 156 Å². The zero-order chi connectivity index (χ0) is 19.2. The van der Waals surface area contributed by atoms with Crippen LogP contribution in [-0.4, -0.2) is 62.3 Å². The van der Waals surface area contributed by atoms with Gasteiger partial charge in [-0.1, -0.05) is 44.2 Å². The van der Waals surface area contributed by atoms with Gasteiger partial charge in [0.15, 0.2) is 0 Å². The molecule has 1 aromatic rings. The molecule has 1 fully saturated rings. The predicted molar refractivity (Wildman–Crippen MR) is 105 cm³/mol. The van der Waals surface area contributed by atoms with E-state index in [-0.39, 0.29) is 11.9 Å². The van der Waals surface area contributed by atoms with Gasteiger partial charge in [-0.05, 0) is 24.5 Å². The fraction of sp³-hybridized carbons (Fsp3) is 0.526. The summed E-state index contributed by atoms with van der Waals surface area (Å²) in [6, 6.07) is 9.49. The molecule has 0 radical (unpaired) electrons. The second-order valence-electron chi connectivity index (χ2n) is 7.03. The lowest BCUT2D eigenvalue weighted by atomic mass is 10.1. The highest BCUT2D eigenvalue weighted by atomic mass is 32.2. The van der Waals surface area contributed by atoms with Gasteiger partial charge in [-0.25, -0.2) is 8.42 Å². The average Bonchev–Trinajstić information content (AvgIpc) is 2.61. The Bertz CT molecular complexity index is 709. The van der Waals surface area contributed by atoms with Gasteiger partial charge in [0.2, 0.25) is 15.9 Å². The van der Waals surface area contributed by atoms with Crippen LogP contribution in [0.4, 0.5) is 0 Å². The quantitative estimate of drug-likeness (QED) is 0.784. The number of nitrogens with zero attached hydrogens (tertiary/aromatic N) is 2. The molecule has 1 heterocycles. The van der Waals surface area contributed by atoms with Crippen molar-refractivity contribution in [3.63, 3.8) is 0 Å². The van der Waals surface area contributed by atoms with Crippen molar-refractivity contribution in [1.82, 2.24) is 14.5 Å². The van der Waals surface area contributed by atoms with Crippen molar-refractivity contribution in [1.29, 1.82) is 0 Å². The molecule has 144 valence electrons. The van der Waals surface area contributed by atoms with E-state index in [1.165, 1.54) is 9.71 Å². The molecule has 0 unspecified atom stereocenters. The second-order valence-corrected chi connectivity index (χ2v) is 8.85. The Morgan fingerprint density at radius 3 is 2.31 bits per heavy atom. The van der Waals surface area contributed by atoms with Crippen LogP contribution in [0.25, 0.3) is 6.08 Å². The Hall–Kier alpha value is -1.70. The largest absolute Gasteiger partial charge is 0.352 e. The summed E-state index contributed by atoms with van der Waals surface area (Å²) in [5.74, 6) is 0.379. The molecule has 0 saturated carbocycles. The smallest absolute Gasteiger partial charge is 0.236 e. The van der Waals surface area contributed by atoms with Gasteiger partial charge in [-0.2, -0.15) is 4.31 Å². The molecular weight excluding hydrogens is 350 g/mol. The van der Waals surface area contributed by atoms with E-state index in [1.54, 1.807) is 6.08 Å². The number of carbonyl (C=O) groups is 1. The maximum Gasteiger partial charge on any atom is 0.236 e. The van der Waals surface area contributed by atoms with Gasteiger partial charge in [0.25, 0.3) is 0 Å². The third-order valence-electron chi connectivity index (χ3n) is 4.68. The number of hydrogen-bond donors (Lipinski definition) is 1. The number of sulfonamides is 1. The van der Waals surface area contributed by atoms with Crippen molar-refractivity contribution in [3.05, 3.63) is 41.3 Å². The molecule has 0 bridgehead atoms. The molecule has 0 spiro atoms. The topological polar surface area (TPSA) is 69.7 Å². The molecule has 2 rings (SSSR count). The van der Waals surface area contributed by atoms with Crippen LogP contribution in [0.5, 0.6) is 0 Å². The third kappa shape index (κ3) is 6.23. The number of amides is 1. The zero-order valence-electron chi connectivity index (χ0n) is 15.8. The first-order chi connectivity index (χ1) is 12.3. The number of carbonyl (C=O) groups excluding carboxylic acids is 1. The summed E-state index contributed by atoms with van der Waals surface area (Å²) in [5.41, 5.74) is 0.852. The number of benzene rings is 1. The average molecular weight is 380 g/mol. The highest BCUT2D eigenvalue weighted by Crippen LogP contribution is 2.11. The van der Waals surface area contributed by atoms with Gasteiger partial charge in [-0.3, -0.25) is 9.69 Å². The van der Waals surface area contributed by atoms with Crippen LogP contribution in [0, 0.1) is 5.92 Å². The minimum absolute atomic E-state index is 0.00789. The fourth-order valence-corrected chi connectivity index (χ4v) is 3.80. The molecule has 6 nitrogen and oxygen atoms in total. The van der Waals surface area contributed by atoms with Crippen LogP contribution in [0.3, 0.4) is 0 Å². The Kier molecular flexibility index (Phi) is 7.37. The standard InChI is InChI=1S/C19H29N3O3S/c1-16(2)17(3)20-19(23)15-21-10-12-22(13-11-21)26(24,25)14-9-18-7-5-4-6-8-18/h4-9,14,16-17H,10-13,15H2,1-3H3,(H,20,23)/b14-9+/t17-/m1/s1. The summed E-state index contributed by atoms with van der Waals surface area (Å²) in [6.45, 7) is 8.35. The molecule has 0 aromatic heterocycles. The molecule has 1 saturated heterocycles. The van der Waals surface area contributed by atoms with Crippen LogP contribution >= 0.6 is 0 Å². The van der Waals surface area contributed by atoms with E-state index in [0.29, 0.717) is 38.6 Å². The van der Waals surface area contributed by atoms with Crippen molar-refractivity contribution in [2.75, 3.05) is 32.7 Å². The normalized spacial score (nSPS) is 18.3. The second kappa shape index (κ2) is 9.30. The van der Waals surface area contributed by atoms with E-state index in [4.69, 9.17) is 0 Å². The molecule has 7 heteroatoms. The van der Waals surface area contributed by atoms with Crippen molar-refractivity contribution >= 4 is 22.0 Å². The molecule has 1 atom stereocenters. The summed E-state index contributed by atoms with van der Waals surface area (Å²) < 4.78 is 26.4. The summed E-state index contributed by atoms with van der Waals surface area (Å²) in [7, 11) is -3.44. The van der Waals surface area contributed by atoms with E-state index in [2.05, 4.69) is 19.2 Å². The number of hydrogen-bond acceptors (Lipinski definition) is 4. The first kappa shape index (κ1) is 20.6. The molecule has 1 amide bonds. The van der Waals surface area contributed by atoms with Crippen LogP contribution < -0.4 is 5.32 Å². The molecule has 1 aliphatic rings. The van der Waals surface area contributed by atoms with Crippen molar-refractivity contribution in [2.45, 2.75) is 26.8 Å². The Morgan fingerprint density at radius 2 is 1.73 bits per heavy atom. The van der Waals surface area contributed by atoms with E-state index in [0.717, 1.165) is 5.56 Å². The predicted octanol–water partition coefficient (Wildman–Crippen LogP) is 1.77.